The maximum Gasteiger partial charge on any atom is 0.187 e. The molecule has 0 aliphatic carbocycles. The van der Waals surface area contributed by atoms with Gasteiger partial charge in [-0.15, -0.1) is 0 Å². The zero-order valence-electron chi connectivity index (χ0n) is 15.5. The van der Waals surface area contributed by atoms with E-state index in [-0.39, 0.29) is 0 Å². The van der Waals surface area contributed by atoms with Crippen LogP contribution in [0.3, 0.4) is 0 Å². The molecule has 9 nitrogen and oxygen atoms in total. The van der Waals surface area contributed by atoms with Crippen molar-refractivity contribution in [2.45, 2.75) is 75.3 Å². The molecule has 148 valence electrons. The number of hydrogen-bond acceptors (Lipinski definition) is 9. The molecule has 10 atom stereocenters. The van der Waals surface area contributed by atoms with E-state index in [0.717, 1.165) is 0 Å². The summed E-state index contributed by atoms with van der Waals surface area (Å²) in [6, 6.07) is 0. The van der Waals surface area contributed by atoms with Crippen molar-refractivity contribution in [2.24, 2.45) is 0 Å². The number of ether oxygens (including phenoxy) is 7. The Morgan fingerprint density at radius 1 is 0.600 bits per heavy atom. The van der Waals surface area contributed by atoms with Gasteiger partial charge in [-0.1, -0.05) is 0 Å². The average Bonchev–Trinajstić information content (AvgIpc) is 2.60. The second-order valence-corrected chi connectivity index (χ2v) is 6.34. The zero-order chi connectivity index (χ0) is 18.7. The van der Waals surface area contributed by atoms with Gasteiger partial charge in [-0.25, -0.2) is 0 Å². The normalized spacial score (nSPS) is 48.5. The van der Waals surface area contributed by atoms with E-state index < -0.39 is 61.4 Å². The van der Waals surface area contributed by atoms with Gasteiger partial charge < -0.3 is 43.4 Å². The first-order valence-corrected chi connectivity index (χ1v) is 8.33. The van der Waals surface area contributed by atoms with Crippen molar-refractivity contribution in [3.63, 3.8) is 0 Å². The van der Waals surface area contributed by atoms with Crippen LogP contribution in [0.5, 0.6) is 0 Å². The first-order chi connectivity index (χ1) is 11.9. The predicted molar refractivity (Wildman–Crippen MR) is 85.0 cm³/mol. The molecule has 9 heteroatoms. The fourth-order valence-corrected chi connectivity index (χ4v) is 3.41. The van der Waals surface area contributed by atoms with Gasteiger partial charge in [0.05, 0.1) is 12.2 Å². The van der Waals surface area contributed by atoms with Crippen LogP contribution in [-0.2, 0) is 33.2 Å². The predicted octanol–water partition coefficient (Wildman–Crippen LogP) is -0.726. The second-order valence-electron chi connectivity index (χ2n) is 6.34. The molecule has 2 fully saturated rings. The van der Waals surface area contributed by atoms with Crippen LogP contribution in [0.1, 0.15) is 13.8 Å². The Labute approximate surface area is 148 Å². The topological polar surface area (TPSA) is 105 Å². The largest absolute Gasteiger partial charge is 0.388 e. The first-order valence-electron chi connectivity index (χ1n) is 8.33. The molecule has 0 spiro atoms. The van der Waals surface area contributed by atoms with E-state index in [9.17, 15) is 10.2 Å². The molecule has 0 radical (unpaired) electrons. The maximum atomic E-state index is 10.4. The van der Waals surface area contributed by atoms with Gasteiger partial charge in [-0.2, -0.15) is 0 Å². The Kier molecular flexibility index (Phi) is 7.56. The molecule has 0 aromatic carbocycles. The summed E-state index contributed by atoms with van der Waals surface area (Å²) in [5, 5.41) is 20.5. The third kappa shape index (κ3) is 4.15. The highest BCUT2D eigenvalue weighted by Gasteiger charge is 2.50. The van der Waals surface area contributed by atoms with E-state index in [1.807, 2.05) is 6.92 Å². The van der Waals surface area contributed by atoms with E-state index in [1.165, 1.54) is 21.3 Å². The van der Waals surface area contributed by atoms with Gasteiger partial charge in [-0.05, 0) is 13.8 Å². The van der Waals surface area contributed by atoms with Crippen LogP contribution >= 0.6 is 0 Å². The lowest BCUT2D eigenvalue weighted by molar-refractivity contribution is -0.355. The highest BCUT2D eigenvalue weighted by molar-refractivity contribution is 4.94. The lowest BCUT2D eigenvalue weighted by atomic mass is 9.97. The van der Waals surface area contributed by atoms with E-state index in [0.29, 0.717) is 0 Å². The molecule has 0 unspecified atom stereocenters. The van der Waals surface area contributed by atoms with Crippen molar-refractivity contribution < 1.29 is 43.4 Å². The van der Waals surface area contributed by atoms with E-state index >= 15 is 0 Å². The van der Waals surface area contributed by atoms with Gasteiger partial charge in [0.15, 0.2) is 12.6 Å². The molecular formula is C16H30O9. The minimum Gasteiger partial charge on any atom is -0.388 e. The minimum atomic E-state index is -1.16. The molecule has 0 amide bonds. The van der Waals surface area contributed by atoms with Gasteiger partial charge in [0.1, 0.15) is 36.6 Å². The third-order valence-electron chi connectivity index (χ3n) is 4.85. The van der Waals surface area contributed by atoms with Crippen molar-refractivity contribution in [2.75, 3.05) is 28.4 Å². The molecule has 0 aromatic heterocycles. The molecule has 2 rings (SSSR count). The van der Waals surface area contributed by atoms with Gasteiger partial charge in [0, 0.05) is 28.4 Å². The highest BCUT2D eigenvalue weighted by Crippen LogP contribution is 2.31. The minimum absolute atomic E-state index is 0.403. The lowest BCUT2D eigenvalue weighted by Crippen LogP contribution is -2.63. The number of rotatable bonds is 6. The average molecular weight is 366 g/mol. The third-order valence-corrected chi connectivity index (χ3v) is 4.85. The maximum absolute atomic E-state index is 10.4. The van der Waals surface area contributed by atoms with E-state index in [1.54, 1.807) is 14.0 Å². The number of aliphatic hydroxyl groups excluding tert-OH is 2. The molecule has 0 bridgehead atoms. The fourth-order valence-electron chi connectivity index (χ4n) is 3.41. The summed E-state index contributed by atoms with van der Waals surface area (Å²) in [4.78, 5) is 0. The Bertz CT molecular complexity index is 409. The molecule has 2 aliphatic rings. The van der Waals surface area contributed by atoms with Crippen LogP contribution in [0, 0.1) is 0 Å². The van der Waals surface area contributed by atoms with Gasteiger partial charge in [0.25, 0.3) is 0 Å². The molecule has 2 saturated heterocycles. The summed E-state index contributed by atoms with van der Waals surface area (Å²) in [6.45, 7) is 3.50. The molecule has 2 heterocycles. The van der Waals surface area contributed by atoms with E-state index in [2.05, 4.69) is 0 Å². The van der Waals surface area contributed by atoms with Crippen LogP contribution in [0.25, 0.3) is 0 Å². The van der Waals surface area contributed by atoms with Crippen LogP contribution in [0.15, 0.2) is 0 Å². The summed E-state index contributed by atoms with van der Waals surface area (Å²) in [5.74, 6) is 0. The summed E-state index contributed by atoms with van der Waals surface area (Å²) in [6.07, 6.45) is -7.12. The van der Waals surface area contributed by atoms with Crippen molar-refractivity contribution in [1.29, 1.82) is 0 Å². The van der Waals surface area contributed by atoms with Crippen molar-refractivity contribution >= 4 is 0 Å². The number of methoxy groups -OCH3 is 4. The summed E-state index contributed by atoms with van der Waals surface area (Å²) >= 11 is 0. The Morgan fingerprint density at radius 3 is 1.68 bits per heavy atom. The summed E-state index contributed by atoms with van der Waals surface area (Å²) < 4.78 is 38.9. The quantitative estimate of drug-likeness (QED) is 0.630. The number of aliphatic hydroxyl groups is 2. The number of hydrogen-bond donors (Lipinski definition) is 2. The van der Waals surface area contributed by atoms with Gasteiger partial charge in [-0.3, -0.25) is 0 Å². The van der Waals surface area contributed by atoms with Gasteiger partial charge >= 0.3 is 0 Å². The van der Waals surface area contributed by atoms with Crippen LogP contribution in [0.2, 0.25) is 0 Å². The van der Waals surface area contributed by atoms with Gasteiger partial charge in [0.2, 0.25) is 0 Å². The smallest absolute Gasteiger partial charge is 0.187 e. The molecule has 0 aromatic rings. The Morgan fingerprint density at radius 2 is 1.16 bits per heavy atom. The monoisotopic (exact) mass is 366 g/mol. The molecule has 2 N–H and O–H groups in total. The zero-order valence-corrected chi connectivity index (χ0v) is 15.5. The summed E-state index contributed by atoms with van der Waals surface area (Å²) in [5.41, 5.74) is 0. The van der Waals surface area contributed by atoms with Crippen molar-refractivity contribution in [1.82, 2.24) is 0 Å². The standard InChI is InChI=1S/C16H30O9/c1-7-9(17)12(19-3)10(18)15(23-7)25-11-8(2)24-16(22-6)14(21-5)13(11)20-4/h7-18H,1-6H3/t7-,8-,9-,10+,11-,12+,13+,14+,15-,16+/m0/s1. The Hall–Kier alpha value is -0.360. The van der Waals surface area contributed by atoms with Crippen molar-refractivity contribution in [3.05, 3.63) is 0 Å². The second kappa shape index (κ2) is 9.03. The lowest BCUT2D eigenvalue weighted by Gasteiger charge is -2.47. The SMILES string of the molecule is CO[C@@H]1O[C@@H](C)[C@H](O[C@@H]2O[C@@H](C)[C@H](O)[C@@H](OC)[C@H]2O)[C@@H](OC)[C@H]1OC. The van der Waals surface area contributed by atoms with Crippen molar-refractivity contribution in [3.8, 4) is 0 Å². The highest BCUT2D eigenvalue weighted by atomic mass is 16.7. The summed E-state index contributed by atoms with van der Waals surface area (Å²) in [7, 11) is 6.02. The van der Waals surface area contributed by atoms with Crippen LogP contribution in [-0.4, -0.2) is 100 Å². The molecule has 0 saturated carbocycles. The molecule has 25 heavy (non-hydrogen) atoms. The Balaban J connectivity index is 2.16. The van der Waals surface area contributed by atoms with Crippen LogP contribution < -0.4 is 0 Å². The van der Waals surface area contributed by atoms with Crippen LogP contribution in [0.4, 0.5) is 0 Å². The first kappa shape index (κ1) is 20.9. The molecular weight excluding hydrogens is 336 g/mol. The fraction of sp³-hybridized carbons (Fsp3) is 1.00. The van der Waals surface area contributed by atoms with E-state index in [4.69, 9.17) is 33.2 Å². The molecule has 2 aliphatic heterocycles.